The summed E-state index contributed by atoms with van der Waals surface area (Å²) < 4.78 is 0. The van der Waals surface area contributed by atoms with E-state index in [-0.39, 0.29) is 11.8 Å². The van der Waals surface area contributed by atoms with Crippen LogP contribution in [0, 0.1) is 5.92 Å². The minimum Gasteiger partial charge on any atom is -0.353 e. The highest BCUT2D eigenvalue weighted by molar-refractivity contribution is 5.79. The number of carbonyl (C=O) groups is 1. The van der Waals surface area contributed by atoms with Crippen LogP contribution in [0.15, 0.2) is 0 Å². The molecule has 0 spiro atoms. The number of amides is 1. The third-order valence-electron chi connectivity index (χ3n) is 4.83. The van der Waals surface area contributed by atoms with Gasteiger partial charge in [-0.05, 0) is 39.2 Å². The van der Waals surface area contributed by atoms with Gasteiger partial charge in [-0.2, -0.15) is 0 Å². The summed E-state index contributed by atoms with van der Waals surface area (Å²) in [5.74, 6) is 0.150. The number of nitrogens with zero attached hydrogens (tertiary/aromatic N) is 1. The van der Waals surface area contributed by atoms with Crippen molar-refractivity contribution in [3.8, 4) is 0 Å². The fourth-order valence-corrected chi connectivity index (χ4v) is 3.51. The SMILES string of the molecule is CCC(CN)C(=O)NC1CC2CCCC(C1)N2C. The molecule has 2 bridgehead atoms. The van der Waals surface area contributed by atoms with Crippen LogP contribution in [0.3, 0.4) is 0 Å². The molecule has 2 heterocycles. The highest BCUT2D eigenvalue weighted by Crippen LogP contribution is 2.32. The Hall–Kier alpha value is -0.610. The molecule has 2 aliphatic heterocycles. The fourth-order valence-electron chi connectivity index (χ4n) is 3.51. The normalized spacial score (nSPS) is 34.1. The highest BCUT2D eigenvalue weighted by atomic mass is 16.1. The molecule has 2 aliphatic rings. The lowest BCUT2D eigenvalue weighted by Gasteiger charge is -2.47. The Bertz CT molecular complexity index is 277. The second kappa shape index (κ2) is 6.02. The molecule has 3 unspecified atom stereocenters. The Morgan fingerprint density at radius 1 is 1.39 bits per heavy atom. The molecule has 0 aromatic carbocycles. The van der Waals surface area contributed by atoms with E-state index in [1.165, 1.54) is 19.3 Å². The summed E-state index contributed by atoms with van der Waals surface area (Å²) >= 11 is 0. The summed E-state index contributed by atoms with van der Waals surface area (Å²) in [5, 5.41) is 3.22. The zero-order valence-electron chi connectivity index (χ0n) is 11.7. The lowest BCUT2D eigenvalue weighted by atomic mass is 9.82. The van der Waals surface area contributed by atoms with E-state index in [9.17, 15) is 4.79 Å². The number of rotatable bonds is 4. The summed E-state index contributed by atoms with van der Waals surface area (Å²) in [6.07, 6.45) is 6.98. The fraction of sp³-hybridized carbons (Fsp3) is 0.929. The third kappa shape index (κ3) is 2.86. The first-order valence-electron chi connectivity index (χ1n) is 7.38. The summed E-state index contributed by atoms with van der Waals surface area (Å²) in [4.78, 5) is 14.6. The molecule has 0 aliphatic carbocycles. The zero-order chi connectivity index (χ0) is 13.1. The Morgan fingerprint density at radius 3 is 2.50 bits per heavy atom. The molecule has 0 aromatic rings. The maximum atomic E-state index is 12.1. The topological polar surface area (TPSA) is 58.4 Å². The van der Waals surface area contributed by atoms with Gasteiger partial charge in [-0.25, -0.2) is 0 Å². The van der Waals surface area contributed by atoms with Crippen LogP contribution < -0.4 is 11.1 Å². The van der Waals surface area contributed by atoms with Crippen molar-refractivity contribution in [2.45, 2.75) is 63.6 Å². The molecule has 1 amide bonds. The smallest absolute Gasteiger partial charge is 0.224 e. The van der Waals surface area contributed by atoms with E-state index in [0.717, 1.165) is 19.3 Å². The van der Waals surface area contributed by atoms with Crippen molar-refractivity contribution in [3.63, 3.8) is 0 Å². The summed E-state index contributed by atoms with van der Waals surface area (Å²) in [5.41, 5.74) is 5.63. The molecule has 2 fully saturated rings. The van der Waals surface area contributed by atoms with E-state index in [1.807, 2.05) is 6.92 Å². The first-order valence-corrected chi connectivity index (χ1v) is 7.38. The molecule has 2 saturated heterocycles. The second-order valence-corrected chi connectivity index (χ2v) is 5.92. The van der Waals surface area contributed by atoms with Crippen molar-refractivity contribution in [3.05, 3.63) is 0 Å². The lowest BCUT2D eigenvalue weighted by Crippen LogP contribution is -2.56. The largest absolute Gasteiger partial charge is 0.353 e. The minimum atomic E-state index is -0.00973. The van der Waals surface area contributed by atoms with Gasteiger partial charge in [0.1, 0.15) is 0 Å². The highest BCUT2D eigenvalue weighted by Gasteiger charge is 2.36. The predicted molar refractivity (Wildman–Crippen MR) is 73.2 cm³/mol. The van der Waals surface area contributed by atoms with Crippen LogP contribution in [0.2, 0.25) is 0 Å². The van der Waals surface area contributed by atoms with Crippen molar-refractivity contribution in [1.82, 2.24) is 10.2 Å². The maximum absolute atomic E-state index is 12.1. The van der Waals surface area contributed by atoms with Gasteiger partial charge < -0.3 is 16.0 Å². The molecule has 0 aromatic heterocycles. The van der Waals surface area contributed by atoms with Crippen molar-refractivity contribution in [2.24, 2.45) is 11.7 Å². The van der Waals surface area contributed by atoms with Crippen LogP contribution in [-0.4, -0.2) is 42.5 Å². The van der Waals surface area contributed by atoms with Gasteiger partial charge in [0.25, 0.3) is 0 Å². The van der Waals surface area contributed by atoms with Gasteiger partial charge in [0.15, 0.2) is 0 Å². The number of carbonyl (C=O) groups excluding carboxylic acids is 1. The number of hydrogen-bond acceptors (Lipinski definition) is 3. The van der Waals surface area contributed by atoms with Crippen molar-refractivity contribution < 1.29 is 4.79 Å². The van der Waals surface area contributed by atoms with Crippen LogP contribution >= 0.6 is 0 Å². The predicted octanol–water partition coefficient (Wildman–Crippen LogP) is 1.10. The number of nitrogens with one attached hydrogen (secondary N) is 1. The van der Waals surface area contributed by atoms with E-state index in [0.29, 0.717) is 24.7 Å². The summed E-state index contributed by atoms with van der Waals surface area (Å²) in [6.45, 7) is 2.49. The van der Waals surface area contributed by atoms with Gasteiger partial charge in [-0.1, -0.05) is 13.3 Å². The van der Waals surface area contributed by atoms with Crippen molar-refractivity contribution in [2.75, 3.05) is 13.6 Å². The van der Waals surface area contributed by atoms with E-state index in [2.05, 4.69) is 17.3 Å². The standard InChI is InChI=1S/C14H27N3O/c1-3-10(9-15)14(18)16-11-7-12-5-4-6-13(8-11)17(12)2/h10-13H,3-9,15H2,1-2H3,(H,16,18). The molecule has 0 saturated carbocycles. The number of piperidine rings is 2. The Labute approximate surface area is 110 Å². The molecular weight excluding hydrogens is 226 g/mol. The molecule has 18 heavy (non-hydrogen) atoms. The van der Waals surface area contributed by atoms with E-state index in [4.69, 9.17) is 5.73 Å². The average molecular weight is 253 g/mol. The molecular formula is C14H27N3O. The van der Waals surface area contributed by atoms with Crippen LogP contribution in [0.1, 0.15) is 45.4 Å². The maximum Gasteiger partial charge on any atom is 0.224 e. The number of nitrogens with two attached hydrogens (primary N) is 1. The van der Waals surface area contributed by atoms with E-state index < -0.39 is 0 Å². The van der Waals surface area contributed by atoms with E-state index >= 15 is 0 Å². The lowest BCUT2D eigenvalue weighted by molar-refractivity contribution is -0.126. The quantitative estimate of drug-likeness (QED) is 0.789. The number of hydrogen-bond donors (Lipinski definition) is 2. The van der Waals surface area contributed by atoms with Crippen LogP contribution in [0.5, 0.6) is 0 Å². The first kappa shape index (κ1) is 13.8. The van der Waals surface area contributed by atoms with Gasteiger partial charge in [0.2, 0.25) is 5.91 Å². The zero-order valence-corrected chi connectivity index (χ0v) is 11.7. The Balaban J connectivity index is 1.89. The molecule has 4 heteroatoms. The molecule has 4 nitrogen and oxygen atoms in total. The molecule has 104 valence electrons. The first-order chi connectivity index (χ1) is 8.65. The van der Waals surface area contributed by atoms with Gasteiger partial charge >= 0.3 is 0 Å². The van der Waals surface area contributed by atoms with E-state index in [1.54, 1.807) is 0 Å². The van der Waals surface area contributed by atoms with Crippen LogP contribution in [0.4, 0.5) is 0 Å². The summed E-state index contributed by atoms with van der Waals surface area (Å²) in [6, 6.07) is 1.70. The second-order valence-electron chi connectivity index (χ2n) is 5.92. The van der Waals surface area contributed by atoms with Crippen LogP contribution in [0.25, 0.3) is 0 Å². The van der Waals surface area contributed by atoms with Gasteiger partial charge in [0.05, 0.1) is 0 Å². The monoisotopic (exact) mass is 253 g/mol. The van der Waals surface area contributed by atoms with Gasteiger partial charge in [-0.15, -0.1) is 0 Å². The van der Waals surface area contributed by atoms with Crippen molar-refractivity contribution in [1.29, 1.82) is 0 Å². The summed E-state index contributed by atoms with van der Waals surface area (Å²) in [7, 11) is 2.24. The van der Waals surface area contributed by atoms with Crippen LogP contribution in [-0.2, 0) is 4.79 Å². The minimum absolute atomic E-state index is 0.00973. The van der Waals surface area contributed by atoms with Crippen molar-refractivity contribution >= 4 is 5.91 Å². The Morgan fingerprint density at radius 2 is 2.00 bits per heavy atom. The molecule has 3 N–H and O–H groups in total. The van der Waals surface area contributed by atoms with Gasteiger partial charge in [-0.3, -0.25) is 4.79 Å². The number of fused-ring (bicyclic) bond motifs is 2. The molecule has 2 rings (SSSR count). The Kier molecular flexibility index (Phi) is 4.62. The average Bonchev–Trinajstić information content (AvgIpc) is 2.32. The third-order valence-corrected chi connectivity index (χ3v) is 4.83. The molecule has 0 radical (unpaired) electrons. The van der Waals surface area contributed by atoms with Gasteiger partial charge in [0, 0.05) is 30.6 Å². The molecule has 3 atom stereocenters.